The summed E-state index contributed by atoms with van der Waals surface area (Å²) in [7, 11) is 2.24. The van der Waals surface area contributed by atoms with Crippen LogP contribution in [0.5, 0.6) is 0 Å². The normalized spacial score (nSPS) is 19.2. The highest BCUT2D eigenvalue weighted by atomic mass is 15.3. The molecule has 0 radical (unpaired) electrons. The monoisotopic (exact) mass is 455 g/mol. The minimum Gasteiger partial charge on any atom is -0.369 e. The van der Waals surface area contributed by atoms with Crippen molar-refractivity contribution in [2.45, 2.75) is 32.2 Å². The molecular formula is C27H33N7. The molecular weight excluding hydrogens is 422 g/mol. The molecule has 0 spiro atoms. The zero-order valence-electron chi connectivity index (χ0n) is 20.2. The number of anilines is 1. The zero-order chi connectivity index (χ0) is 23.1. The fourth-order valence-electron chi connectivity index (χ4n) is 5.67. The van der Waals surface area contributed by atoms with Gasteiger partial charge in [0.25, 0.3) is 0 Å². The van der Waals surface area contributed by atoms with Crippen molar-refractivity contribution in [3.05, 3.63) is 54.6 Å². The van der Waals surface area contributed by atoms with E-state index in [0.717, 1.165) is 52.1 Å². The molecule has 0 bridgehead atoms. The summed E-state index contributed by atoms with van der Waals surface area (Å²) in [4.78, 5) is 17.2. The Bertz CT molecular complexity index is 1310. The second-order valence-corrected chi connectivity index (χ2v) is 9.88. The van der Waals surface area contributed by atoms with Crippen molar-refractivity contribution in [3.63, 3.8) is 0 Å². The maximum Gasteiger partial charge on any atom is 0.162 e. The summed E-state index contributed by atoms with van der Waals surface area (Å²) in [6.45, 7) is 9.05. The van der Waals surface area contributed by atoms with Crippen molar-refractivity contribution in [1.29, 1.82) is 0 Å². The molecule has 0 unspecified atom stereocenters. The second-order valence-electron chi connectivity index (χ2n) is 9.88. The van der Waals surface area contributed by atoms with Gasteiger partial charge in [-0.3, -0.25) is 9.88 Å². The summed E-state index contributed by atoms with van der Waals surface area (Å²) in [6, 6.07) is 11.1. The first-order valence-electron chi connectivity index (χ1n) is 12.5. The number of hydrogen-bond acceptors (Lipinski definition) is 6. The SMILES string of the molecule is Cc1cc(-c2cnn3cc(N4CCC(N5CCCN(C)CC5)CC4)cnc23)c2ccccc2n1. The van der Waals surface area contributed by atoms with Crippen molar-refractivity contribution in [1.82, 2.24) is 29.4 Å². The third-order valence-corrected chi connectivity index (χ3v) is 7.58. The lowest BCUT2D eigenvalue weighted by molar-refractivity contribution is 0.174. The first-order chi connectivity index (χ1) is 16.7. The van der Waals surface area contributed by atoms with Crippen LogP contribution in [0.4, 0.5) is 5.69 Å². The van der Waals surface area contributed by atoms with Gasteiger partial charge in [-0.15, -0.1) is 0 Å². The largest absolute Gasteiger partial charge is 0.369 e. The number of para-hydroxylation sites is 1. The lowest BCUT2D eigenvalue weighted by Crippen LogP contribution is -2.46. The number of hydrogen-bond donors (Lipinski definition) is 0. The molecule has 2 aliphatic rings. The van der Waals surface area contributed by atoms with Gasteiger partial charge in [0, 0.05) is 48.9 Å². The van der Waals surface area contributed by atoms with Crippen LogP contribution in [0, 0.1) is 6.92 Å². The van der Waals surface area contributed by atoms with E-state index in [-0.39, 0.29) is 0 Å². The van der Waals surface area contributed by atoms with Crippen LogP contribution >= 0.6 is 0 Å². The molecule has 7 nitrogen and oxygen atoms in total. The van der Waals surface area contributed by atoms with Gasteiger partial charge in [0.2, 0.25) is 0 Å². The van der Waals surface area contributed by atoms with E-state index in [4.69, 9.17) is 9.97 Å². The van der Waals surface area contributed by atoms with E-state index in [0.29, 0.717) is 6.04 Å². The van der Waals surface area contributed by atoms with Crippen LogP contribution < -0.4 is 4.90 Å². The van der Waals surface area contributed by atoms with Crippen LogP contribution in [-0.2, 0) is 0 Å². The molecule has 0 N–H and O–H groups in total. The highest BCUT2D eigenvalue weighted by molar-refractivity contribution is 5.98. The second kappa shape index (κ2) is 8.96. The number of pyridine rings is 1. The zero-order valence-corrected chi connectivity index (χ0v) is 20.2. The quantitative estimate of drug-likeness (QED) is 0.468. The molecule has 3 aromatic heterocycles. The molecule has 4 aromatic rings. The molecule has 2 fully saturated rings. The standard InChI is InChI=1S/C27H33N7/c1-20-16-24(23-6-3-4-7-26(23)30-20)25-18-29-34-19-22(17-28-27(25)34)33-12-8-21(9-13-33)32-11-5-10-31(2)14-15-32/h3-4,6-7,16-19,21H,5,8-15H2,1-2H3. The summed E-state index contributed by atoms with van der Waals surface area (Å²) < 4.78 is 1.94. The maximum absolute atomic E-state index is 4.88. The molecule has 7 heteroatoms. The first kappa shape index (κ1) is 21.5. The van der Waals surface area contributed by atoms with Crippen molar-refractivity contribution >= 4 is 22.2 Å². The van der Waals surface area contributed by atoms with E-state index in [1.54, 1.807) is 0 Å². The van der Waals surface area contributed by atoms with Crippen LogP contribution in [-0.4, -0.2) is 81.7 Å². The van der Waals surface area contributed by atoms with Crippen molar-refractivity contribution in [2.24, 2.45) is 0 Å². The highest BCUT2D eigenvalue weighted by Gasteiger charge is 2.26. The summed E-state index contributed by atoms with van der Waals surface area (Å²) in [5, 5.41) is 5.82. The Balaban J connectivity index is 1.22. The van der Waals surface area contributed by atoms with Crippen molar-refractivity contribution < 1.29 is 0 Å². The predicted molar refractivity (Wildman–Crippen MR) is 137 cm³/mol. The summed E-state index contributed by atoms with van der Waals surface area (Å²) in [5.74, 6) is 0. The molecule has 176 valence electrons. The third-order valence-electron chi connectivity index (χ3n) is 7.58. The Hall–Kier alpha value is -3.03. The fraction of sp³-hybridized carbons (Fsp3) is 0.444. The van der Waals surface area contributed by atoms with E-state index >= 15 is 0 Å². The number of piperidine rings is 1. The average Bonchev–Trinajstić information content (AvgIpc) is 3.16. The molecule has 0 atom stereocenters. The van der Waals surface area contributed by atoms with Gasteiger partial charge >= 0.3 is 0 Å². The Morgan fingerprint density at radius 3 is 2.65 bits per heavy atom. The summed E-state index contributed by atoms with van der Waals surface area (Å²) in [6.07, 6.45) is 9.82. The van der Waals surface area contributed by atoms with Gasteiger partial charge in [-0.05, 0) is 64.0 Å². The van der Waals surface area contributed by atoms with Crippen molar-refractivity contribution in [2.75, 3.05) is 51.2 Å². The first-order valence-corrected chi connectivity index (χ1v) is 12.5. The van der Waals surface area contributed by atoms with Gasteiger partial charge in [-0.25, -0.2) is 9.50 Å². The Kier molecular flexibility index (Phi) is 5.67. The Labute approximate surface area is 201 Å². The molecule has 2 aliphatic heterocycles. The minimum atomic E-state index is 0.707. The summed E-state index contributed by atoms with van der Waals surface area (Å²) >= 11 is 0. The van der Waals surface area contributed by atoms with E-state index in [1.165, 1.54) is 45.4 Å². The maximum atomic E-state index is 4.88. The van der Waals surface area contributed by atoms with Crippen LogP contribution in [0.25, 0.3) is 27.7 Å². The third kappa shape index (κ3) is 4.03. The number of fused-ring (bicyclic) bond motifs is 2. The molecule has 6 rings (SSSR count). The van der Waals surface area contributed by atoms with Crippen molar-refractivity contribution in [3.8, 4) is 11.1 Å². The Morgan fingerprint density at radius 1 is 0.912 bits per heavy atom. The predicted octanol–water partition coefficient (Wildman–Crippen LogP) is 3.86. The number of aryl methyl sites for hydroxylation is 1. The lowest BCUT2D eigenvalue weighted by Gasteiger charge is -2.39. The number of likely N-dealkylation sites (N-methyl/N-ethyl adjacent to an activating group) is 1. The van der Waals surface area contributed by atoms with Gasteiger partial charge < -0.3 is 9.80 Å². The van der Waals surface area contributed by atoms with E-state index in [2.05, 4.69) is 57.3 Å². The molecule has 0 aliphatic carbocycles. The van der Waals surface area contributed by atoms with Crippen LogP contribution in [0.2, 0.25) is 0 Å². The summed E-state index contributed by atoms with van der Waals surface area (Å²) in [5.41, 5.74) is 6.26. The van der Waals surface area contributed by atoms with Gasteiger partial charge in [0.15, 0.2) is 5.65 Å². The fourth-order valence-corrected chi connectivity index (χ4v) is 5.67. The molecule has 0 amide bonds. The average molecular weight is 456 g/mol. The van der Waals surface area contributed by atoms with Gasteiger partial charge in [-0.1, -0.05) is 18.2 Å². The van der Waals surface area contributed by atoms with Gasteiger partial charge in [0.05, 0.1) is 29.8 Å². The van der Waals surface area contributed by atoms with Gasteiger partial charge in [-0.2, -0.15) is 5.10 Å². The number of nitrogens with zero attached hydrogens (tertiary/aromatic N) is 7. The number of aromatic nitrogens is 4. The van der Waals surface area contributed by atoms with Crippen LogP contribution in [0.15, 0.2) is 48.9 Å². The number of rotatable bonds is 3. The van der Waals surface area contributed by atoms with Crippen LogP contribution in [0.1, 0.15) is 25.0 Å². The highest BCUT2D eigenvalue weighted by Crippen LogP contribution is 2.32. The smallest absolute Gasteiger partial charge is 0.162 e. The van der Waals surface area contributed by atoms with E-state index < -0.39 is 0 Å². The van der Waals surface area contributed by atoms with Gasteiger partial charge in [0.1, 0.15) is 0 Å². The van der Waals surface area contributed by atoms with E-state index in [9.17, 15) is 0 Å². The number of benzene rings is 1. The lowest BCUT2D eigenvalue weighted by atomic mass is 10.0. The van der Waals surface area contributed by atoms with E-state index in [1.807, 2.05) is 29.9 Å². The van der Waals surface area contributed by atoms with Crippen LogP contribution in [0.3, 0.4) is 0 Å². The minimum absolute atomic E-state index is 0.707. The molecule has 5 heterocycles. The molecule has 1 aromatic carbocycles. The topological polar surface area (TPSA) is 52.8 Å². The molecule has 34 heavy (non-hydrogen) atoms. The Morgan fingerprint density at radius 2 is 1.76 bits per heavy atom. The molecule has 2 saturated heterocycles. The molecule has 0 saturated carbocycles.